The number of halogens is 1. The van der Waals surface area contributed by atoms with Gasteiger partial charge in [-0.2, -0.15) is 9.78 Å². The van der Waals surface area contributed by atoms with Crippen molar-refractivity contribution in [3.8, 4) is 11.3 Å². The Hall–Kier alpha value is -3.56. The van der Waals surface area contributed by atoms with E-state index >= 15 is 0 Å². The van der Waals surface area contributed by atoms with Crippen LogP contribution in [0.4, 0.5) is 5.82 Å². The molecule has 0 aliphatic carbocycles. The summed E-state index contributed by atoms with van der Waals surface area (Å²) in [6.07, 6.45) is 3.10. The zero-order chi connectivity index (χ0) is 25.2. The van der Waals surface area contributed by atoms with Crippen molar-refractivity contribution in [2.75, 3.05) is 5.32 Å². The summed E-state index contributed by atoms with van der Waals surface area (Å²) >= 11 is 7.48. The van der Waals surface area contributed by atoms with Crippen LogP contribution in [0.25, 0.3) is 11.3 Å². The average molecular weight is 510 g/mol. The topological polar surface area (TPSA) is 98.9 Å². The van der Waals surface area contributed by atoms with Crippen LogP contribution in [0.1, 0.15) is 40.9 Å². The molecule has 0 atom stereocenters. The number of anilines is 1. The summed E-state index contributed by atoms with van der Waals surface area (Å²) in [6.45, 7) is 5.78. The van der Waals surface area contributed by atoms with Crippen LogP contribution in [-0.4, -0.2) is 31.0 Å². The number of nitrogens with one attached hydrogen (secondary N) is 1. The fraction of sp³-hybridized carbons (Fsp3) is 0.240. The maximum absolute atomic E-state index is 13.1. The number of rotatable bonds is 7. The molecule has 180 valence electrons. The molecule has 4 aromatic rings. The first-order chi connectivity index (χ1) is 16.6. The fourth-order valence-corrected chi connectivity index (χ4v) is 4.34. The third-order valence-corrected chi connectivity index (χ3v) is 6.39. The zero-order valence-electron chi connectivity index (χ0n) is 19.5. The van der Waals surface area contributed by atoms with Gasteiger partial charge in [-0.05, 0) is 30.3 Å². The molecule has 35 heavy (non-hydrogen) atoms. The molecule has 0 aliphatic rings. The second kappa shape index (κ2) is 9.97. The Morgan fingerprint density at radius 1 is 1.11 bits per heavy atom. The predicted octanol–water partition coefficient (Wildman–Crippen LogP) is 5.00. The smallest absolute Gasteiger partial charge is 0.254 e. The van der Waals surface area contributed by atoms with Gasteiger partial charge in [0.2, 0.25) is 5.78 Å². The number of Topliss-reactive ketones (excluding diaryl/α,β-unsaturated/α-hetero) is 1. The molecule has 10 heteroatoms. The van der Waals surface area contributed by atoms with Crippen LogP contribution in [-0.2, 0) is 13.1 Å². The van der Waals surface area contributed by atoms with Crippen molar-refractivity contribution in [1.29, 1.82) is 0 Å². The Morgan fingerprint density at radius 2 is 1.91 bits per heavy atom. The quantitative estimate of drug-likeness (QED) is 0.352. The van der Waals surface area contributed by atoms with Crippen LogP contribution in [0.3, 0.4) is 0 Å². The molecule has 1 N–H and O–H groups in total. The molecule has 8 nitrogen and oxygen atoms in total. The number of hydrogen-bond acceptors (Lipinski definition) is 7. The van der Waals surface area contributed by atoms with Gasteiger partial charge in [0.25, 0.3) is 11.5 Å². The van der Waals surface area contributed by atoms with Gasteiger partial charge >= 0.3 is 0 Å². The van der Waals surface area contributed by atoms with E-state index in [1.165, 1.54) is 32.8 Å². The van der Waals surface area contributed by atoms with Crippen LogP contribution in [0, 0.1) is 5.41 Å². The molecule has 0 spiro atoms. The van der Waals surface area contributed by atoms with Crippen molar-refractivity contribution >= 4 is 40.4 Å². The maximum atomic E-state index is 13.1. The molecule has 0 radical (unpaired) electrons. The molecule has 4 aromatic heterocycles. The number of pyridine rings is 2. The number of ketones is 1. The first-order valence-corrected chi connectivity index (χ1v) is 12.1. The monoisotopic (exact) mass is 509 g/mol. The highest BCUT2D eigenvalue weighted by Gasteiger charge is 2.27. The lowest BCUT2D eigenvalue weighted by Gasteiger charge is -2.18. The molecule has 0 bridgehead atoms. The molecule has 0 aromatic carbocycles. The summed E-state index contributed by atoms with van der Waals surface area (Å²) in [5, 5.41) is 7.81. The average Bonchev–Trinajstić information content (AvgIpc) is 3.44. The van der Waals surface area contributed by atoms with Gasteiger partial charge in [0.15, 0.2) is 0 Å². The van der Waals surface area contributed by atoms with E-state index in [9.17, 15) is 14.4 Å². The molecule has 0 unspecified atom stereocenters. The summed E-state index contributed by atoms with van der Waals surface area (Å²) < 4.78 is 3.35. The van der Waals surface area contributed by atoms with Gasteiger partial charge in [-0.1, -0.05) is 38.4 Å². The normalized spacial score (nSPS) is 11.4. The van der Waals surface area contributed by atoms with E-state index in [2.05, 4.69) is 15.4 Å². The minimum atomic E-state index is -0.667. The summed E-state index contributed by atoms with van der Waals surface area (Å²) in [7, 11) is 0. The van der Waals surface area contributed by atoms with Crippen molar-refractivity contribution in [3.05, 3.63) is 86.2 Å². The Kier molecular flexibility index (Phi) is 7.00. The number of hydrogen-bond donors (Lipinski definition) is 1. The van der Waals surface area contributed by atoms with E-state index < -0.39 is 5.41 Å². The van der Waals surface area contributed by atoms with Gasteiger partial charge in [0, 0.05) is 40.4 Å². The summed E-state index contributed by atoms with van der Waals surface area (Å²) in [6, 6.07) is 13.5. The standard InChI is InChI=1S/C25H24ClN5O3S/c1-25(2,3)24(34)31-22(28-13-17-8-9-21(26)35-17)12-19(29-31)16-7-10-23(33)30(14-16)15-20(32)18-6-4-5-11-27-18/h4-12,14,28H,13,15H2,1-3H3. The molecule has 0 aliphatic heterocycles. The van der Waals surface area contributed by atoms with Gasteiger partial charge in [0.1, 0.15) is 11.5 Å². The molecule has 0 fully saturated rings. The largest absolute Gasteiger partial charge is 0.365 e. The Morgan fingerprint density at radius 3 is 2.57 bits per heavy atom. The summed E-state index contributed by atoms with van der Waals surface area (Å²) in [5.74, 6) is 0.0520. The van der Waals surface area contributed by atoms with Gasteiger partial charge in [0.05, 0.1) is 23.1 Å². The second-order valence-corrected chi connectivity index (χ2v) is 10.8. The highest BCUT2D eigenvalue weighted by molar-refractivity contribution is 7.16. The molecule has 0 saturated heterocycles. The van der Waals surface area contributed by atoms with Crippen molar-refractivity contribution in [2.24, 2.45) is 5.41 Å². The predicted molar refractivity (Wildman–Crippen MR) is 137 cm³/mol. The minimum Gasteiger partial charge on any atom is -0.365 e. The third kappa shape index (κ3) is 5.75. The lowest BCUT2D eigenvalue weighted by Crippen LogP contribution is -2.28. The van der Waals surface area contributed by atoms with E-state index in [1.54, 1.807) is 36.5 Å². The van der Waals surface area contributed by atoms with E-state index in [0.29, 0.717) is 28.0 Å². The van der Waals surface area contributed by atoms with Gasteiger partial charge in [-0.15, -0.1) is 11.3 Å². The fourth-order valence-electron chi connectivity index (χ4n) is 3.31. The van der Waals surface area contributed by atoms with Crippen LogP contribution in [0.2, 0.25) is 4.34 Å². The van der Waals surface area contributed by atoms with Crippen LogP contribution in [0.15, 0.2) is 65.7 Å². The second-order valence-electron chi connectivity index (χ2n) is 8.96. The Labute approximate surface area is 211 Å². The van der Waals surface area contributed by atoms with Crippen molar-refractivity contribution in [2.45, 2.75) is 33.9 Å². The molecule has 0 saturated carbocycles. The summed E-state index contributed by atoms with van der Waals surface area (Å²) in [4.78, 5) is 43.2. The number of nitrogens with zero attached hydrogens (tertiary/aromatic N) is 4. The number of thiophene rings is 1. The maximum Gasteiger partial charge on any atom is 0.254 e. The zero-order valence-corrected chi connectivity index (χ0v) is 21.1. The SMILES string of the molecule is CC(C)(C)C(=O)n1nc(-c2ccc(=O)n(CC(=O)c3ccccn3)c2)cc1NCc1ccc(Cl)s1. The molecular weight excluding hydrogens is 486 g/mol. The van der Waals surface area contributed by atoms with E-state index in [0.717, 1.165) is 4.88 Å². The van der Waals surface area contributed by atoms with Crippen molar-refractivity contribution in [3.63, 3.8) is 0 Å². The van der Waals surface area contributed by atoms with E-state index in [1.807, 2.05) is 32.9 Å². The molecule has 4 heterocycles. The molecule has 0 amide bonds. The van der Waals surface area contributed by atoms with Gasteiger partial charge in [-0.3, -0.25) is 19.4 Å². The lowest BCUT2D eigenvalue weighted by atomic mass is 9.96. The molecular formula is C25H24ClN5O3S. The van der Waals surface area contributed by atoms with Gasteiger partial charge in [-0.25, -0.2) is 0 Å². The minimum absolute atomic E-state index is 0.157. The highest BCUT2D eigenvalue weighted by Crippen LogP contribution is 2.27. The van der Waals surface area contributed by atoms with E-state index in [4.69, 9.17) is 11.6 Å². The van der Waals surface area contributed by atoms with Crippen LogP contribution < -0.4 is 10.9 Å². The number of aromatic nitrogens is 4. The number of carbonyl (C=O) groups excluding carboxylic acids is 2. The van der Waals surface area contributed by atoms with E-state index in [-0.39, 0.29) is 29.5 Å². The van der Waals surface area contributed by atoms with Crippen LogP contribution >= 0.6 is 22.9 Å². The van der Waals surface area contributed by atoms with Crippen molar-refractivity contribution in [1.82, 2.24) is 19.3 Å². The van der Waals surface area contributed by atoms with Crippen LogP contribution in [0.5, 0.6) is 0 Å². The Bertz CT molecular complexity index is 1430. The Balaban J connectivity index is 1.66. The third-order valence-electron chi connectivity index (χ3n) is 5.16. The highest BCUT2D eigenvalue weighted by atomic mass is 35.5. The lowest BCUT2D eigenvalue weighted by molar-refractivity contribution is 0.0752. The summed E-state index contributed by atoms with van der Waals surface area (Å²) in [5.41, 5.74) is 0.385. The first kappa shape index (κ1) is 24.6. The van der Waals surface area contributed by atoms with Crippen molar-refractivity contribution < 1.29 is 9.59 Å². The van der Waals surface area contributed by atoms with Gasteiger partial charge < -0.3 is 9.88 Å². The first-order valence-electron chi connectivity index (χ1n) is 10.9. The molecule has 4 rings (SSSR count). The number of carbonyl (C=O) groups is 2.